The Bertz CT molecular complexity index is 580. The molecule has 0 saturated carbocycles. The van der Waals surface area contributed by atoms with Crippen LogP contribution in [0.2, 0.25) is 0 Å². The molecule has 4 nitrogen and oxygen atoms in total. The van der Waals surface area contributed by atoms with Gasteiger partial charge in [0, 0.05) is 23.1 Å². The van der Waals surface area contributed by atoms with Gasteiger partial charge in [0.2, 0.25) is 5.91 Å². The maximum Gasteiger partial charge on any atom is 0.224 e. The molecule has 0 atom stereocenters. The van der Waals surface area contributed by atoms with E-state index in [1.807, 2.05) is 43.6 Å². The number of amides is 1. The Morgan fingerprint density at radius 1 is 1.40 bits per heavy atom. The topological polar surface area (TPSA) is 54.0 Å². The summed E-state index contributed by atoms with van der Waals surface area (Å²) in [7, 11) is 1.89. The molecule has 2 aromatic rings. The Labute approximate surface area is 123 Å². The van der Waals surface area contributed by atoms with E-state index in [9.17, 15) is 4.79 Å². The maximum absolute atomic E-state index is 11.8. The molecule has 0 aliphatic heterocycles. The number of thiazole rings is 1. The largest absolute Gasteiger partial charge is 0.326 e. The van der Waals surface area contributed by atoms with Crippen molar-refractivity contribution in [1.82, 2.24) is 10.3 Å². The first-order chi connectivity index (χ1) is 9.69. The number of rotatable bonds is 6. The standard InChI is InChI=1S/C15H19N3OS/c1-11-17-14(10-20-11)12-5-3-6-13(9-12)18-15(19)7-4-8-16-2/h3,5-6,9-10,16H,4,7-8H2,1-2H3,(H,18,19). The molecule has 2 N–H and O–H groups in total. The SMILES string of the molecule is CNCCCC(=O)Nc1cccc(-c2csc(C)n2)c1. The first kappa shape index (κ1) is 14.7. The molecule has 106 valence electrons. The normalized spacial score (nSPS) is 10.5. The summed E-state index contributed by atoms with van der Waals surface area (Å²) in [6.45, 7) is 2.84. The number of carbonyl (C=O) groups is 1. The van der Waals surface area contributed by atoms with E-state index in [0.717, 1.165) is 34.9 Å². The van der Waals surface area contributed by atoms with Crippen LogP contribution in [0.1, 0.15) is 17.8 Å². The summed E-state index contributed by atoms with van der Waals surface area (Å²) in [6, 6.07) is 7.81. The second-order valence-corrected chi connectivity index (χ2v) is 5.65. The van der Waals surface area contributed by atoms with Crippen molar-refractivity contribution >= 4 is 22.9 Å². The molecule has 0 aliphatic rings. The van der Waals surface area contributed by atoms with E-state index in [0.29, 0.717) is 6.42 Å². The number of hydrogen-bond donors (Lipinski definition) is 2. The fourth-order valence-corrected chi connectivity index (χ4v) is 2.52. The third kappa shape index (κ3) is 4.15. The minimum atomic E-state index is 0.0480. The van der Waals surface area contributed by atoms with Crippen molar-refractivity contribution in [3.05, 3.63) is 34.7 Å². The molecule has 1 aromatic carbocycles. The summed E-state index contributed by atoms with van der Waals surface area (Å²) in [4.78, 5) is 16.2. The highest BCUT2D eigenvalue weighted by atomic mass is 32.1. The number of nitrogens with zero attached hydrogens (tertiary/aromatic N) is 1. The predicted molar refractivity (Wildman–Crippen MR) is 84.1 cm³/mol. The molecule has 1 heterocycles. The number of benzene rings is 1. The number of aryl methyl sites for hydroxylation is 1. The average Bonchev–Trinajstić information content (AvgIpc) is 2.86. The summed E-state index contributed by atoms with van der Waals surface area (Å²) in [5.74, 6) is 0.0480. The van der Waals surface area contributed by atoms with Gasteiger partial charge < -0.3 is 10.6 Å². The molecule has 0 bridgehead atoms. The predicted octanol–water partition coefficient (Wildman–Crippen LogP) is 3.06. The van der Waals surface area contributed by atoms with Crippen LogP contribution in [0.3, 0.4) is 0 Å². The van der Waals surface area contributed by atoms with Crippen molar-refractivity contribution in [1.29, 1.82) is 0 Å². The fourth-order valence-electron chi connectivity index (χ4n) is 1.90. The highest BCUT2D eigenvalue weighted by Crippen LogP contribution is 2.24. The van der Waals surface area contributed by atoms with Crippen LogP contribution in [-0.4, -0.2) is 24.5 Å². The number of hydrogen-bond acceptors (Lipinski definition) is 4. The van der Waals surface area contributed by atoms with Gasteiger partial charge in [0.15, 0.2) is 0 Å². The van der Waals surface area contributed by atoms with Crippen LogP contribution < -0.4 is 10.6 Å². The quantitative estimate of drug-likeness (QED) is 0.804. The van der Waals surface area contributed by atoms with Gasteiger partial charge in [0.1, 0.15) is 0 Å². The number of nitrogens with one attached hydrogen (secondary N) is 2. The lowest BCUT2D eigenvalue weighted by atomic mass is 10.1. The molecule has 0 saturated heterocycles. The number of carbonyl (C=O) groups excluding carboxylic acids is 1. The third-order valence-electron chi connectivity index (χ3n) is 2.89. The van der Waals surface area contributed by atoms with E-state index < -0.39 is 0 Å². The fraction of sp³-hybridized carbons (Fsp3) is 0.333. The molecule has 0 unspecified atom stereocenters. The second-order valence-electron chi connectivity index (χ2n) is 4.59. The lowest BCUT2D eigenvalue weighted by molar-refractivity contribution is -0.116. The molecule has 1 aromatic heterocycles. The number of aromatic nitrogens is 1. The Balaban J connectivity index is 2.01. The van der Waals surface area contributed by atoms with Gasteiger partial charge in [-0.3, -0.25) is 4.79 Å². The smallest absolute Gasteiger partial charge is 0.224 e. The molecular formula is C15H19N3OS. The zero-order chi connectivity index (χ0) is 14.4. The van der Waals surface area contributed by atoms with Crippen LogP contribution in [0.25, 0.3) is 11.3 Å². The molecular weight excluding hydrogens is 270 g/mol. The van der Waals surface area contributed by atoms with Crippen molar-refractivity contribution in [3.8, 4) is 11.3 Å². The van der Waals surface area contributed by atoms with Gasteiger partial charge in [-0.2, -0.15) is 0 Å². The van der Waals surface area contributed by atoms with E-state index in [4.69, 9.17) is 0 Å². The molecule has 5 heteroatoms. The van der Waals surface area contributed by atoms with Crippen molar-refractivity contribution in [2.75, 3.05) is 18.9 Å². The van der Waals surface area contributed by atoms with E-state index in [2.05, 4.69) is 15.6 Å². The highest BCUT2D eigenvalue weighted by molar-refractivity contribution is 7.09. The first-order valence-corrected chi connectivity index (χ1v) is 7.54. The molecule has 20 heavy (non-hydrogen) atoms. The lowest BCUT2D eigenvalue weighted by Crippen LogP contribution is -2.15. The van der Waals surface area contributed by atoms with Crippen LogP contribution in [0.5, 0.6) is 0 Å². The van der Waals surface area contributed by atoms with Crippen LogP contribution in [-0.2, 0) is 4.79 Å². The van der Waals surface area contributed by atoms with Gasteiger partial charge in [-0.25, -0.2) is 4.98 Å². The summed E-state index contributed by atoms with van der Waals surface area (Å²) >= 11 is 1.63. The van der Waals surface area contributed by atoms with Crippen molar-refractivity contribution < 1.29 is 4.79 Å². The minimum Gasteiger partial charge on any atom is -0.326 e. The van der Waals surface area contributed by atoms with E-state index >= 15 is 0 Å². The molecule has 1 amide bonds. The van der Waals surface area contributed by atoms with Crippen molar-refractivity contribution in [2.24, 2.45) is 0 Å². The Hall–Kier alpha value is -1.72. The van der Waals surface area contributed by atoms with Gasteiger partial charge in [0.25, 0.3) is 0 Å². The van der Waals surface area contributed by atoms with Crippen LogP contribution in [0.4, 0.5) is 5.69 Å². The lowest BCUT2D eigenvalue weighted by Gasteiger charge is -2.06. The first-order valence-electron chi connectivity index (χ1n) is 6.66. The molecule has 0 aliphatic carbocycles. The van der Waals surface area contributed by atoms with Gasteiger partial charge in [0.05, 0.1) is 10.7 Å². The second kappa shape index (κ2) is 7.17. The summed E-state index contributed by atoms with van der Waals surface area (Å²) < 4.78 is 0. The zero-order valence-corrected chi connectivity index (χ0v) is 12.6. The van der Waals surface area contributed by atoms with E-state index in [1.54, 1.807) is 11.3 Å². The van der Waals surface area contributed by atoms with Gasteiger partial charge in [-0.1, -0.05) is 12.1 Å². The van der Waals surface area contributed by atoms with Gasteiger partial charge >= 0.3 is 0 Å². The van der Waals surface area contributed by atoms with Crippen molar-refractivity contribution in [3.63, 3.8) is 0 Å². The maximum atomic E-state index is 11.8. The Morgan fingerprint density at radius 2 is 2.25 bits per heavy atom. The van der Waals surface area contributed by atoms with Gasteiger partial charge in [-0.15, -0.1) is 11.3 Å². The average molecular weight is 289 g/mol. The van der Waals surface area contributed by atoms with E-state index in [1.165, 1.54) is 0 Å². The zero-order valence-electron chi connectivity index (χ0n) is 11.8. The summed E-state index contributed by atoms with van der Waals surface area (Å²) in [5.41, 5.74) is 2.81. The van der Waals surface area contributed by atoms with Gasteiger partial charge in [-0.05, 0) is 39.1 Å². The minimum absolute atomic E-state index is 0.0480. The summed E-state index contributed by atoms with van der Waals surface area (Å²) in [5, 5.41) is 9.03. The van der Waals surface area contributed by atoms with Crippen LogP contribution in [0, 0.1) is 6.92 Å². The van der Waals surface area contributed by atoms with Crippen LogP contribution in [0.15, 0.2) is 29.6 Å². The molecule has 0 radical (unpaired) electrons. The number of anilines is 1. The highest BCUT2D eigenvalue weighted by Gasteiger charge is 2.05. The third-order valence-corrected chi connectivity index (χ3v) is 3.67. The summed E-state index contributed by atoms with van der Waals surface area (Å²) in [6.07, 6.45) is 1.37. The Morgan fingerprint density at radius 3 is 2.95 bits per heavy atom. The van der Waals surface area contributed by atoms with E-state index in [-0.39, 0.29) is 5.91 Å². The molecule has 0 spiro atoms. The van der Waals surface area contributed by atoms with Crippen LogP contribution >= 0.6 is 11.3 Å². The monoisotopic (exact) mass is 289 g/mol. The molecule has 0 fully saturated rings. The Kier molecular flexibility index (Phi) is 5.26. The van der Waals surface area contributed by atoms with Crippen molar-refractivity contribution in [2.45, 2.75) is 19.8 Å². The molecule has 2 rings (SSSR count).